The molecule has 122 valence electrons. The molecule has 1 saturated heterocycles. The van der Waals surface area contributed by atoms with Gasteiger partial charge in [-0.3, -0.25) is 14.5 Å². The lowest BCUT2D eigenvalue weighted by Gasteiger charge is -2.29. The van der Waals surface area contributed by atoms with E-state index in [1.165, 1.54) is 0 Å². The van der Waals surface area contributed by atoms with Crippen molar-refractivity contribution in [2.24, 2.45) is 5.92 Å². The minimum Gasteiger partial charge on any atom is -0.481 e. The molecule has 2 aromatic rings. The van der Waals surface area contributed by atoms with Gasteiger partial charge in [-0.25, -0.2) is 0 Å². The van der Waals surface area contributed by atoms with Gasteiger partial charge in [0, 0.05) is 23.7 Å². The van der Waals surface area contributed by atoms with Crippen LogP contribution in [0, 0.1) is 19.8 Å². The van der Waals surface area contributed by atoms with E-state index >= 15 is 0 Å². The van der Waals surface area contributed by atoms with E-state index in [1.54, 1.807) is 6.07 Å². The van der Waals surface area contributed by atoms with Gasteiger partial charge in [0.1, 0.15) is 0 Å². The van der Waals surface area contributed by atoms with Crippen LogP contribution < -0.4 is 5.43 Å². The number of fused-ring (bicyclic) bond motifs is 1. The Bertz CT molecular complexity index is 802. The zero-order valence-corrected chi connectivity index (χ0v) is 13.6. The number of carboxylic acid groups (broad SMARTS) is 1. The summed E-state index contributed by atoms with van der Waals surface area (Å²) in [5, 5.41) is 9.78. The van der Waals surface area contributed by atoms with Gasteiger partial charge in [-0.2, -0.15) is 0 Å². The average molecular weight is 314 g/mol. The molecule has 0 spiro atoms. The minimum atomic E-state index is -0.699. The van der Waals surface area contributed by atoms with Crippen molar-refractivity contribution in [1.82, 2.24) is 9.88 Å². The van der Waals surface area contributed by atoms with Crippen molar-refractivity contribution in [1.29, 1.82) is 0 Å². The number of carboxylic acids is 1. The van der Waals surface area contributed by atoms with Crippen LogP contribution in [0.3, 0.4) is 0 Å². The van der Waals surface area contributed by atoms with E-state index in [9.17, 15) is 9.59 Å². The van der Waals surface area contributed by atoms with E-state index in [-0.39, 0.29) is 11.3 Å². The highest BCUT2D eigenvalue weighted by Gasteiger charge is 2.24. The summed E-state index contributed by atoms with van der Waals surface area (Å²) in [5.41, 5.74) is 4.11. The number of likely N-dealkylation sites (tertiary alicyclic amines) is 1. The van der Waals surface area contributed by atoms with Crippen LogP contribution in [0.1, 0.15) is 29.7 Å². The van der Waals surface area contributed by atoms with Crippen molar-refractivity contribution in [3.05, 3.63) is 45.2 Å². The number of piperidine rings is 1. The second-order valence-corrected chi connectivity index (χ2v) is 6.48. The Labute approximate surface area is 134 Å². The Balaban J connectivity index is 1.83. The molecule has 5 nitrogen and oxygen atoms in total. The number of nitrogens with one attached hydrogen (secondary N) is 1. The van der Waals surface area contributed by atoms with Gasteiger partial charge in [-0.15, -0.1) is 0 Å². The van der Waals surface area contributed by atoms with Gasteiger partial charge in [0.15, 0.2) is 5.43 Å². The van der Waals surface area contributed by atoms with Gasteiger partial charge >= 0.3 is 5.97 Å². The molecule has 0 bridgehead atoms. The first-order valence-corrected chi connectivity index (χ1v) is 8.03. The second-order valence-electron chi connectivity index (χ2n) is 6.48. The van der Waals surface area contributed by atoms with Crippen LogP contribution in [-0.4, -0.2) is 34.0 Å². The Kier molecular flexibility index (Phi) is 4.22. The van der Waals surface area contributed by atoms with Crippen molar-refractivity contribution in [2.75, 3.05) is 13.1 Å². The van der Waals surface area contributed by atoms with Gasteiger partial charge in [0.25, 0.3) is 0 Å². The van der Waals surface area contributed by atoms with E-state index in [4.69, 9.17) is 5.11 Å². The quantitative estimate of drug-likeness (QED) is 0.912. The molecule has 2 heterocycles. The lowest BCUT2D eigenvalue weighted by atomic mass is 9.97. The zero-order chi connectivity index (χ0) is 16.6. The van der Waals surface area contributed by atoms with Gasteiger partial charge in [-0.05, 0) is 57.0 Å². The molecule has 2 N–H and O–H groups in total. The third-order valence-corrected chi connectivity index (χ3v) is 4.92. The molecule has 5 heteroatoms. The van der Waals surface area contributed by atoms with Gasteiger partial charge in [0.05, 0.1) is 11.4 Å². The SMILES string of the molecule is Cc1ccc2c(=O)cc(CN3CCC(C(=O)O)CC3)[nH]c2c1C. The first-order chi connectivity index (χ1) is 11.0. The summed E-state index contributed by atoms with van der Waals surface area (Å²) in [6.45, 7) is 6.23. The molecule has 1 aliphatic heterocycles. The number of benzene rings is 1. The van der Waals surface area contributed by atoms with Crippen molar-refractivity contribution in [3.63, 3.8) is 0 Å². The van der Waals surface area contributed by atoms with Crippen molar-refractivity contribution in [3.8, 4) is 0 Å². The number of aliphatic carboxylic acids is 1. The Morgan fingerprint density at radius 3 is 2.65 bits per heavy atom. The number of pyridine rings is 1. The molecule has 23 heavy (non-hydrogen) atoms. The molecular formula is C18H22N2O3. The van der Waals surface area contributed by atoms with E-state index in [2.05, 4.69) is 9.88 Å². The number of rotatable bonds is 3. The number of aromatic nitrogens is 1. The number of aromatic amines is 1. The number of hydrogen-bond acceptors (Lipinski definition) is 3. The van der Waals surface area contributed by atoms with E-state index in [1.807, 2.05) is 26.0 Å². The number of H-pyrrole nitrogens is 1. The maximum absolute atomic E-state index is 12.3. The first-order valence-electron chi connectivity index (χ1n) is 8.03. The molecule has 0 aliphatic carbocycles. The Morgan fingerprint density at radius 2 is 2.00 bits per heavy atom. The van der Waals surface area contributed by atoms with Gasteiger partial charge < -0.3 is 10.1 Å². The first kappa shape index (κ1) is 15.7. The Morgan fingerprint density at radius 1 is 1.30 bits per heavy atom. The predicted octanol–water partition coefficient (Wildman–Crippen LogP) is 2.44. The molecule has 0 amide bonds. The summed E-state index contributed by atoms with van der Waals surface area (Å²) in [5.74, 6) is -0.929. The molecule has 1 aliphatic rings. The number of carbonyl (C=O) groups is 1. The molecular weight excluding hydrogens is 292 g/mol. The van der Waals surface area contributed by atoms with Crippen molar-refractivity contribution in [2.45, 2.75) is 33.2 Å². The molecule has 0 saturated carbocycles. The predicted molar refractivity (Wildman–Crippen MR) is 89.7 cm³/mol. The maximum atomic E-state index is 12.3. The van der Waals surface area contributed by atoms with E-state index in [0.717, 1.165) is 40.8 Å². The van der Waals surface area contributed by atoms with Gasteiger partial charge in [0.2, 0.25) is 0 Å². The van der Waals surface area contributed by atoms with Crippen LogP contribution in [0.2, 0.25) is 0 Å². The monoisotopic (exact) mass is 314 g/mol. The van der Waals surface area contributed by atoms with E-state index in [0.29, 0.717) is 19.4 Å². The molecule has 1 aromatic heterocycles. The second kappa shape index (κ2) is 6.16. The third kappa shape index (κ3) is 3.15. The summed E-state index contributed by atoms with van der Waals surface area (Å²) in [6.07, 6.45) is 1.34. The highest BCUT2D eigenvalue weighted by atomic mass is 16.4. The lowest BCUT2D eigenvalue weighted by molar-refractivity contribution is -0.143. The van der Waals surface area contributed by atoms with Crippen LogP contribution in [0.5, 0.6) is 0 Å². The minimum absolute atomic E-state index is 0.0391. The van der Waals surface area contributed by atoms with Crippen molar-refractivity contribution < 1.29 is 9.90 Å². The maximum Gasteiger partial charge on any atom is 0.306 e. The standard InChI is InChI=1S/C18H22N2O3/c1-11-3-4-15-16(21)9-14(19-17(15)12(11)2)10-20-7-5-13(6-8-20)18(22)23/h3-4,9,13H,5-8,10H2,1-2H3,(H,19,21)(H,22,23). The van der Waals surface area contributed by atoms with Crippen LogP contribution in [-0.2, 0) is 11.3 Å². The molecule has 3 rings (SSSR count). The summed E-state index contributed by atoms with van der Waals surface area (Å²) >= 11 is 0. The summed E-state index contributed by atoms with van der Waals surface area (Å²) in [4.78, 5) is 29.0. The van der Waals surface area contributed by atoms with Crippen LogP contribution >= 0.6 is 0 Å². The largest absolute Gasteiger partial charge is 0.481 e. The number of aryl methyl sites for hydroxylation is 2. The van der Waals surface area contributed by atoms with Crippen LogP contribution in [0.15, 0.2) is 23.0 Å². The highest BCUT2D eigenvalue weighted by Crippen LogP contribution is 2.20. The highest BCUT2D eigenvalue weighted by molar-refractivity contribution is 5.82. The summed E-state index contributed by atoms with van der Waals surface area (Å²) < 4.78 is 0. The van der Waals surface area contributed by atoms with Gasteiger partial charge in [-0.1, -0.05) is 6.07 Å². The molecule has 0 radical (unpaired) electrons. The topological polar surface area (TPSA) is 73.4 Å². The van der Waals surface area contributed by atoms with Crippen LogP contribution in [0.25, 0.3) is 10.9 Å². The number of hydrogen-bond donors (Lipinski definition) is 2. The summed E-state index contributed by atoms with van der Waals surface area (Å²) in [7, 11) is 0. The summed E-state index contributed by atoms with van der Waals surface area (Å²) in [6, 6.07) is 5.52. The molecule has 0 atom stereocenters. The zero-order valence-electron chi connectivity index (χ0n) is 13.6. The fourth-order valence-corrected chi connectivity index (χ4v) is 3.28. The fourth-order valence-electron chi connectivity index (χ4n) is 3.28. The van der Waals surface area contributed by atoms with Crippen molar-refractivity contribution >= 4 is 16.9 Å². The van der Waals surface area contributed by atoms with E-state index < -0.39 is 5.97 Å². The normalized spacial score (nSPS) is 16.8. The third-order valence-electron chi connectivity index (χ3n) is 4.92. The van der Waals surface area contributed by atoms with Crippen LogP contribution in [0.4, 0.5) is 0 Å². The average Bonchev–Trinajstić information content (AvgIpc) is 2.52. The molecule has 1 fully saturated rings. The number of nitrogens with zero attached hydrogens (tertiary/aromatic N) is 1. The fraction of sp³-hybridized carbons (Fsp3) is 0.444. The Hall–Kier alpha value is -2.14. The lowest BCUT2D eigenvalue weighted by Crippen LogP contribution is -2.36. The smallest absolute Gasteiger partial charge is 0.306 e. The molecule has 1 aromatic carbocycles. The molecule has 0 unspecified atom stereocenters.